The number of para-hydroxylation sites is 1. The maximum atomic E-state index is 9.68. The first-order valence-electron chi connectivity index (χ1n) is 6.06. The molecule has 0 amide bonds. The van der Waals surface area contributed by atoms with E-state index in [1.807, 2.05) is 19.2 Å². The topological polar surface area (TPSA) is 58.3 Å². The Morgan fingerprint density at radius 2 is 2.17 bits per heavy atom. The van der Waals surface area contributed by atoms with Gasteiger partial charge in [0.1, 0.15) is 12.0 Å². The van der Waals surface area contributed by atoms with Gasteiger partial charge in [-0.1, -0.05) is 18.2 Å². The molecule has 0 radical (unpaired) electrons. The molecule has 2 rings (SSSR count). The number of rotatable bonds is 5. The summed E-state index contributed by atoms with van der Waals surface area (Å²) in [5, 5.41) is 12.8. The molecule has 1 aromatic carbocycles. The van der Waals surface area contributed by atoms with Gasteiger partial charge in [-0.05, 0) is 20.0 Å². The minimum Gasteiger partial charge on any atom is -0.508 e. The Morgan fingerprint density at radius 1 is 1.39 bits per heavy atom. The maximum absolute atomic E-state index is 9.68. The zero-order valence-corrected chi connectivity index (χ0v) is 10.7. The van der Waals surface area contributed by atoms with Crippen molar-refractivity contribution in [3.63, 3.8) is 0 Å². The first-order chi connectivity index (χ1) is 8.69. The van der Waals surface area contributed by atoms with Gasteiger partial charge >= 0.3 is 0 Å². The molecular weight excluding hydrogens is 228 g/mol. The summed E-state index contributed by atoms with van der Waals surface area (Å²) in [5.41, 5.74) is 1.76. The fraction of sp³-hybridized carbons (Fsp3) is 0.357. The third kappa shape index (κ3) is 3.11. The molecular formula is C14H18N2O2. The highest BCUT2D eigenvalue weighted by Gasteiger charge is 2.09. The lowest BCUT2D eigenvalue weighted by atomic mass is 10.1. The highest BCUT2D eigenvalue weighted by atomic mass is 16.3. The second kappa shape index (κ2) is 5.69. The molecule has 18 heavy (non-hydrogen) atoms. The van der Waals surface area contributed by atoms with E-state index in [1.165, 1.54) is 0 Å². The molecule has 1 unspecified atom stereocenters. The first kappa shape index (κ1) is 12.6. The van der Waals surface area contributed by atoms with Crippen LogP contribution in [0.5, 0.6) is 5.75 Å². The number of aromatic nitrogens is 1. The van der Waals surface area contributed by atoms with Crippen LogP contribution in [0.15, 0.2) is 34.9 Å². The standard InChI is InChI=1S/C14H18N2O2/c1-10(15-2)7-12-9-18-14(16-12)8-11-5-3-4-6-13(11)17/h3-6,9-10,15,17H,7-8H2,1-2H3. The number of likely N-dealkylation sites (N-methyl/N-ethyl adjacent to an activating group) is 1. The minimum absolute atomic E-state index is 0.279. The fourth-order valence-electron chi connectivity index (χ4n) is 1.76. The Morgan fingerprint density at radius 3 is 2.89 bits per heavy atom. The summed E-state index contributed by atoms with van der Waals surface area (Å²) in [4.78, 5) is 4.42. The lowest BCUT2D eigenvalue weighted by Crippen LogP contribution is -2.23. The molecule has 0 aliphatic rings. The summed E-state index contributed by atoms with van der Waals surface area (Å²) < 4.78 is 5.42. The quantitative estimate of drug-likeness (QED) is 0.848. The molecule has 0 saturated carbocycles. The van der Waals surface area contributed by atoms with Gasteiger partial charge in [-0.2, -0.15) is 0 Å². The number of aromatic hydroxyl groups is 1. The Labute approximate surface area is 107 Å². The summed E-state index contributed by atoms with van der Waals surface area (Å²) >= 11 is 0. The van der Waals surface area contributed by atoms with E-state index in [1.54, 1.807) is 18.4 Å². The molecule has 1 aromatic heterocycles. The van der Waals surface area contributed by atoms with Crippen molar-refractivity contribution in [3.05, 3.63) is 47.7 Å². The van der Waals surface area contributed by atoms with Crippen LogP contribution in [0.1, 0.15) is 24.1 Å². The number of hydrogen-bond donors (Lipinski definition) is 2. The van der Waals surface area contributed by atoms with Crippen molar-refractivity contribution >= 4 is 0 Å². The molecule has 0 spiro atoms. The molecule has 1 heterocycles. The van der Waals surface area contributed by atoms with Crippen molar-refractivity contribution < 1.29 is 9.52 Å². The van der Waals surface area contributed by atoms with Crippen LogP contribution in [0.25, 0.3) is 0 Å². The van der Waals surface area contributed by atoms with Crippen LogP contribution >= 0.6 is 0 Å². The van der Waals surface area contributed by atoms with Gasteiger partial charge in [-0.25, -0.2) is 4.98 Å². The maximum Gasteiger partial charge on any atom is 0.198 e. The number of hydrogen-bond acceptors (Lipinski definition) is 4. The second-order valence-electron chi connectivity index (χ2n) is 4.43. The second-order valence-corrected chi connectivity index (χ2v) is 4.43. The zero-order valence-electron chi connectivity index (χ0n) is 10.7. The normalized spacial score (nSPS) is 12.6. The summed E-state index contributed by atoms with van der Waals surface area (Å²) in [7, 11) is 1.92. The van der Waals surface area contributed by atoms with Gasteiger partial charge in [0.2, 0.25) is 0 Å². The van der Waals surface area contributed by atoms with E-state index in [-0.39, 0.29) is 5.75 Å². The van der Waals surface area contributed by atoms with Crippen LogP contribution in [0.3, 0.4) is 0 Å². The van der Waals surface area contributed by atoms with Gasteiger partial charge in [0.15, 0.2) is 5.89 Å². The predicted molar refractivity (Wildman–Crippen MR) is 69.6 cm³/mol. The van der Waals surface area contributed by atoms with Crippen molar-refractivity contribution in [1.82, 2.24) is 10.3 Å². The van der Waals surface area contributed by atoms with Crippen molar-refractivity contribution in [1.29, 1.82) is 0 Å². The largest absolute Gasteiger partial charge is 0.508 e. The summed E-state index contributed by atoms with van der Waals surface area (Å²) in [5.74, 6) is 0.913. The van der Waals surface area contributed by atoms with E-state index in [2.05, 4.69) is 17.2 Å². The molecule has 96 valence electrons. The Hall–Kier alpha value is -1.81. The van der Waals surface area contributed by atoms with E-state index in [0.717, 1.165) is 17.7 Å². The van der Waals surface area contributed by atoms with E-state index in [9.17, 15) is 5.11 Å². The molecule has 2 aromatic rings. The molecule has 0 fully saturated rings. The fourth-order valence-corrected chi connectivity index (χ4v) is 1.76. The number of nitrogens with one attached hydrogen (secondary N) is 1. The zero-order chi connectivity index (χ0) is 13.0. The van der Waals surface area contributed by atoms with Crippen LogP contribution in [0, 0.1) is 0 Å². The molecule has 2 N–H and O–H groups in total. The molecule has 4 nitrogen and oxygen atoms in total. The van der Waals surface area contributed by atoms with E-state index >= 15 is 0 Å². The summed E-state index contributed by atoms with van der Waals surface area (Å²) in [6.45, 7) is 2.09. The molecule has 1 atom stereocenters. The van der Waals surface area contributed by atoms with Crippen LogP contribution in [-0.4, -0.2) is 23.2 Å². The average molecular weight is 246 g/mol. The molecule has 0 aliphatic carbocycles. The van der Waals surface area contributed by atoms with Gasteiger partial charge < -0.3 is 14.8 Å². The van der Waals surface area contributed by atoms with Crippen LogP contribution in [0.2, 0.25) is 0 Å². The molecule has 0 bridgehead atoms. The molecule has 4 heteroatoms. The summed E-state index contributed by atoms with van der Waals surface area (Å²) in [6.07, 6.45) is 3.03. The van der Waals surface area contributed by atoms with Crippen LogP contribution in [0.4, 0.5) is 0 Å². The number of phenolic OH excluding ortho intramolecular Hbond substituents is 1. The highest BCUT2D eigenvalue weighted by molar-refractivity contribution is 5.33. The van der Waals surface area contributed by atoms with Gasteiger partial charge in [0, 0.05) is 18.0 Å². The average Bonchev–Trinajstić information content (AvgIpc) is 2.79. The van der Waals surface area contributed by atoms with Gasteiger partial charge in [-0.3, -0.25) is 0 Å². The van der Waals surface area contributed by atoms with Gasteiger partial charge in [-0.15, -0.1) is 0 Å². The van der Waals surface area contributed by atoms with Gasteiger partial charge in [0.25, 0.3) is 0 Å². The SMILES string of the molecule is CNC(C)Cc1coc(Cc2ccccc2O)n1. The molecule has 0 aliphatic heterocycles. The van der Waals surface area contributed by atoms with E-state index in [0.29, 0.717) is 18.4 Å². The number of benzene rings is 1. The smallest absolute Gasteiger partial charge is 0.198 e. The summed E-state index contributed by atoms with van der Waals surface area (Å²) in [6, 6.07) is 7.60. The predicted octanol–water partition coefficient (Wildman–Crippen LogP) is 2.12. The number of phenols is 1. The van der Waals surface area contributed by atoms with E-state index < -0.39 is 0 Å². The monoisotopic (exact) mass is 246 g/mol. The lowest BCUT2D eigenvalue weighted by Gasteiger charge is -2.05. The third-order valence-electron chi connectivity index (χ3n) is 2.94. The highest BCUT2D eigenvalue weighted by Crippen LogP contribution is 2.19. The number of oxazole rings is 1. The lowest BCUT2D eigenvalue weighted by molar-refractivity contribution is 0.461. The van der Waals surface area contributed by atoms with Crippen LogP contribution < -0.4 is 5.32 Å². The van der Waals surface area contributed by atoms with Crippen molar-refractivity contribution in [3.8, 4) is 5.75 Å². The van der Waals surface area contributed by atoms with Crippen LogP contribution in [-0.2, 0) is 12.8 Å². The van der Waals surface area contributed by atoms with Crippen molar-refractivity contribution in [2.75, 3.05) is 7.05 Å². The molecule has 0 saturated heterocycles. The van der Waals surface area contributed by atoms with E-state index in [4.69, 9.17) is 4.42 Å². The number of nitrogens with zero attached hydrogens (tertiary/aromatic N) is 1. The Bertz CT molecular complexity index is 508. The van der Waals surface area contributed by atoms with Gasteiger partial charge in [0.05, 0.1) is 12.1 Å². The Balaban J connectivity index is 2.05. The first-order valence-corrected chi connectivity index (χ1v) is 6.06. The Kier molecular flexibility index (Phi) is 3.99. The third-order valence-corrected chi connectivity index (χ3v) is 2.94. The van der Waals surface area contributed by atoms with Crippen molar-refractivity contribution in [2.24, 2.45) is 0 Å². The minimum atomic E-state index is 0.279. The van der Waals surface area contributed by atoms with Crippen molar-refractivity contribution in [2.45, 2.75) is 25.8 Å².